The molecule has 0 aliphatic heterocycles. The number of thiazole rings is 1. The minimum atomic E-state index is -0.679. The number of ether oxygens (including phenoxy) is 2. The summed E-state index contributed by atoms with van der Waals surface area (Å²) in [5.74, 6) is 0.208. The van der Waals surface area contributed by atoms with Gasteiger partial charge in [0.2, 0.25) is 0 Å². The molecule has 1 aromatic carbocycles. The van der Waals surface area contributed by atoms with Crippen molar-refractivity contribution in [1.82, 2.24) is 9.97 Å². The molecule has 0 saturated carbocycles. The Hall–Kier alpha value is -2.73. The van der Waals surface area contributed by atoms with Crippen LogP contribution in [0.5, 0.6) is 5.75 Å². The third kappa shape index (κ3) is 4.17. The second-order valence-electron chi connectivity index (χ2n) is 5.04. The summed E-state index contributed by atoms with van der Waals surface area (Å²) in [6.45, 7) is 1.78. The molecular formula is C18H16N2O3S. The molecule has 0 saturated heterocycles. The van der Waals surface area contributed by atoms with Gasteiger partial charge in [0, 0.05) is 11.6 Å². The van der Waals surface area contributed by atoms with E-state index in [9.17, 15) is 4.79 Å². The van der Waals surface area contributed by atoms with Crippen molar-refractivity contribution >= 4 is 17.3 Å². The summed E-state index contributed by atoms with van der Waals surface area (Å²) in [4.78, 5) is 20.7. The number of hydrogen-bond acceptors (Lipinski definition) is 6. The minimum absolute atomic E-state index is 0.116. The molecule has 6 heteroatoms. The zero-order valence-corrected chi connectivity index (χ0v) is 13.9. The van der Waals surface area contributed by atoms with E-state index in [4.69, 9.17) is 9.47 Å². The van der Waals surface area contributed by atoms with Crippen LogP contribution in [0, 0.1) is 0 Å². The Morgan fingerprint density at radius 1 is 1.17 bits per heavy atom. The molecule has 24 heavy (non-hydrogen) atoms. The smallest absolute Gasteiger partial charge is 0.347 e. The molecule has 3 aromatic rings. The molecule has 0 bridgehead atoms. The van der Waals surface area contributed by atoms with E-state index in [1.54, 1.807) is 25.3 Å². The first-order valence-electron chi connectivity index (χ1n) is 7.46. The Kier molecular flexibility index (Phi) is 5.18. The van der Waals surface area contributed by atoms with Gasteiger partial charge in [-0.2, -0.15) is 0 Å². The van der Waals surface area contributed by atoms with Crippen molar-refractivity contribution in [2.45, 2.75) is 19.6 Å². The van der Waals surface area contributed by atoms with Gasteiger partial charge in [-0.1, -0.05) is 24.3 Å². The minimum Gasteiger partial charge on any atom is -0.479 e. The number of rotatable bonds is 6. The molecule has 122 valence electrons. The summed E-state index contributed by atoms with van der Waals surface area (Å²) in [7, 11) is 0. The molecule has 0 aliphatic carbocycles. The van der Waals surface area contributed by atoms with Gasteiger partial charge in [-0.05, 0) is 31.2 Å². The molecule has 0 radical (unpaired) electrons. The van der Waals surface area contributed by atoms with E-state index in [0.29, 0.717) is 11.4 Å². The molecular weight excluding hydrogens is 324 g/mol. The van der Waals surface area contributed by atoms with Crippen LogP contribution in [0.2, 0.25) is 0 Å². The lowest BCUT2D eigenvalue weighted by atomic mass is 10.3. The summed E-state index contributed by atoms with van der Waals surface area (Å²) in [5, 5.41) is 2.66. The molecule has 0 amide bonds. The lowest BCUT2D eigenvalue weighted by molar-refractivity contribution is -0.152. The predicted octanol–water partition coefficient (Wildman–Crippen LogP) is 3.72. The Labute approximate surface area is 143 Å². The van der Waals surface area contributed by atoms with E-state index >= 15 is 0 Å². The molecule has 0 unspecified atom stereocenters. The van der Waals surface area contributed by atoms with E-state index in [1.807, 2.05) is 41.8 Å². The summed E-state index contributed by atoms with van der Waals surface area (Å²) < 4.78 is 10.8. The number of carbonyl (C=O) groups is 1. The Balaban J connectivity index is 1.54. The number of hydrogen-bond donors (Lipinski definition) is 0. The Bertz CT molecular complexity index is 790. The van der Waals surface area contributed by atoms with Gasteiger partial charge in [-0.25, -0.2) is 9.78 Å². The lowest BCUT2D eigenvalue weighted by Gasteiger charge is -2.13. The maximum Gasteiger partial charge on any atom is 0.347 e. The van der Waals surface area contributed by atoms with Crippen LogP contribution in [-0.2, 0) is 16.1 Å². The van der Waals surface area contributed by atoms with Crippen molar-refractivity contribution < 1.29 is 14.3 Å². The lowest BCUT2D eigenvalue weighted by Crippen LogP contribution is -2.26. The number of carbonyl (C=O) groups excluding carboxylic acids is 1. The van der Waals surface area contributed by atoms with Crippen LogP contribution < -0.4 is 4.74 Å². The summed E-state index contributed by atoms with van der Waals surface area (Å²) >= 11 is 1.47. The quantitative estimate of drug-likeness (QED) is 0.640. The van der Waals surface area contributed by atoms with Gasteiger partial charge in [0.05, 0.1) is 11.4 Å². The molecule has 5 nitrogen and oxygen atoms in total. The van der Waals surface area contributed by atoms with E-state index < -0.39 is 12.1 Å². The van der Waals surface area contributed by atoms with Gasteiger partial charge >= 0.3 is 5.97 Å². The van der Waals surface area contributed by atoms with Crippen molar-refractivity contribution in [3.63, 3.8) is 0 Å². The fourth-order valence-corrected chi connectivity index (χ4v) is 2.77. The monoisotopic (exact) mass is 340 g/mol. The molecule has 0 N–H and O–H groups in total. The molecule has 3 rings (SSSR count). The average Bonchev–Trinajstić information content (AvgIpc) is 3.10. The summed E-state index contributed by atoms with van der Waals surface area (Å²) in [6, 6.07) is 14.8. The van der Waals surface area contributed by atoms with Crippen LogP contribution in [0.25, 0.3) is 10.7 Å². The fraction of sp³-hybridized carbons (Fsp3) is 0.167. The topological polar surface area (TPSA) is 61.3 Å². The Morgan fingerprint density at radius 3 is 2.71 bits per heavy atom. The first kappa shape index (κ1) is 16.1. The van der Waals surface area contributed by atoms with Gasteiger partial charge in [0.25, 0.3) is 0 Å². The van der Waals surface area contributed by atoms with Gasteiger partial charge < -0.3 is 9.47 Å². The first-order valence-corrected chi connectivity index (χ1v) is 8.34. The Morgan fingerprint density at radius 2 is 1.96 bits per heavy atom. The third-order valence-electron chi connectivity index (χ3n) is 3.19. The maximum atomic E-state index is 12.0. The zero-order valence-electron chi connectivity index (χ0n) is 13.1. The van der Waals surface area contributed by atoms with Crippen molar-refractivity contribution in [2.24, 2.45) is 0 Å². The number of esters is 1. The highest BCUT2D eigenvalue weighted by Crippen LogP contribution is 2.21. The SMILES string of the molecule is C[C@@H](Oc1ccccc1)C(=O)OCc1csc(-c2ccccn2)n1. The van der Waals surface area contributed by atoms with E-state index in [2.05, 4.69) is 9.97 Å². The van der Waals surface area contributed by atoms with Crippen molar-refractivity contribution in [3.05, 3.63) is 65.8 Å². The molecule has 2 heterocycles. The number of para-hydroxylation sites is 1. The molecule has 0 aliphatic rings. The number of benzene rings is 1. The van der Waals surface area contributed by atoms with Gasteiger partial charge in [-0.3, -0.25) is 4.98 Å². The van der Waals surface area contributed by atoms with Crippen molar-refractivity contribution in [2.75, 3.05) is 0 Å². The molecule has 0 spiro atoms. The van der Waals surface area contributed by atoms with Gasteiger partial charge in [0.1, 0.15) is 17.4 Å². The van der Waals surface area contributed by atoms with E-state index in [-0.39, 0.29) is 6.61 Å². The van der Waals surface area contributed by atoms with Gasteiger partial charge in [-0.15, -0.1) is 11.3 Å². The predicted molar refractivity (Wildman–Crippen MR) is 91.7 cm³/mol. The highest BCUT2D eigenvalue weighted by atomic mass is 32.1. The molecule has 1 atom stereocenters. The summed E-state index contributed by atoms with van der Waals surface area (Å²) in [5.41, 5.74) is 1.50. The number of nitrogens with zero attached hydrogens (tertiary/aromatic N) is 2. The highest BCUT2D eigenvalue weighted by Gasteiger charge is 2.17. The maximum absolute atomic E-state index is 12.0. The largest absolute Gasteiger partial charge is 0.479 e. The zero-order chi connectivity index (χ0) is 16.8. The van der Waals surface area contributed by atoms with Crippen LogP contribution in [0.1, 0.15) is 12.6 Å². The first-order chi connectivity index (χ1) is 11.7. The van der Waals surface area contributed by atoms with Crippen molar-refractivity contribution in [3.8, 4) is 16.5 Å². The second-order valence-corrected chi connectivity index (χ2v) is 5.90. The standard InChI is InChI=1S/C18H16N2O3S/c1-13(23-15-7-3-2-4-8-15)18(21)22-11-14-12-24-17(20-14)16-9-5-6-10-19-16/h2-10,12-13H,11H2,1H3/t13-/m1/s1. The van der Waals surface area contributed by atoms with Crippen LogP contribution in [0.3, 0.4) is 0 Å². The van der Waals surface area contributed by atoms with Crippen LogP contribution in [0.4, 0.5) is 0 Å². The average molecular weight is 340 g/mol. The normalized spacial score (nSPS) is 11.7. The van der Waals surface area contributed by atoms with Crippen LogP contribution in [0.15, 0.2) is 60.1 Å². The van der Waals surface area contributed by atoms with Crippen LogP contribution in [-0.4, -0.2) is 22.0 Å². The van der Waals surface area contributed by atoms with E-state index in [1.165, 1.54) is 11.3 Å². The van der Waals surface area contributed by atoms with Crippen LogP contribution >= 0.6 is 11.3 Å². The number of aromatic nitrogens is 2. The highest BCUT2D eigenvalue weighted by molar-refractivity contribution is 7.13. The summed E-state index contributed by atoms with van der Waals surface area (Å²) in [6.07, 6.45) is 1.04. The number of pyridine rings is 1. The van der Waals surface area contributed by atoms with E-state index in [0.717, 1.165) is 10.7 Å². The molecule has 2 aromatic heterocycles. The van der Waals surface area contributed by atoms with Gasteiger partial charge in [0.15, 0.2) is 6.10 Å². The molecule has 0 fully saturated rings. The third-order valence-corrected chi connectivity index (χ3v) is 4.10. The second kappa shape index (κ2) is 7.70. The fourth-order valence-electron chi connectivity index (χ4n) is 1.99. The van der Waals surface area contributed by atoms with Crippen molar-refractivity contribution in [1.29, 1.82) is 0 Å².